The van der Waals surface area contributed by atoms with E-state index in [1.165, 1.54) is 13.2 Å². The molecular formula is C20H18Cl2N2O3. The van der Waals surface area contributed by atoms with E-state index in [1.807, 2.05) is 19.9 Å². The first-order chi connectivity index (χ1) is 12.9. The number of methoxy groups -OCH3 is 1. The van der Waals surface area contributed by atoms with E-state index in [2.05, 4.69) is 5.32 Å². The van der Waals surface area contributed by atoms with Crippen molar-refractivity contribution in [3.63, 3.8) is 0 Å². The highest BCUT2D eigenvalue weighted by Gasteiger charge is 2.14. The maximum Gasteiger partial charge on any atom is 0.266 e. The van der Waals surface area contributed by atoms with Gasteiger partial charge in [0, 0.05) is 16.8 Å². The second-order valence-electron chi connectivity index (χ2n) is 5.54. The summed E-state index contributed by atoms with van der Waals surface area (Å²) in [5, 5.41) is 12.9. The van der Waals surface area contributed by atoms with Gasteiger partial charge in [0.1, 0.15) is 11.6 Å². The topological polar surface area (TPSA) is 71.3 Å². The lowest BCUT2D eigenvalue weighted by Gasteiger charge is -2.12. The summed E-state index contributed by atoms with van der Waals surface area (Å²) < 4.78 is 10.7. The minimum absolute atomic E-state index is 0.109. The molecule has 140 valence electrons. The molecule has 0 heterocycles. The number of rotatable bonds is 6. The van der Waals surface area contributed by atoms with Gasteiger partial charge in [-0.3, -0.25) is 4.79 Å². The molecule has 0 spiro atoms. The van der Waals surface area contributed by atoms with Gasteiger partial charge >= 0.3 is 0 Å². The Morgan fingerprint density at radius 2 is 2.00 bits per heavy atom. The van der Waals surface area contributed by atoms with Crippen molar-refractivity contribution < 1.29 is 14.3 Å². The third-order valence-electron chi connectivity index (χ3n) is 3.70. The lowest BCUT2D eigenvalue weighted by molar-refractivity contribution is -0.112. The Labute approximate surface area is 168 Å². The smallest absolute Gasteiger partial charge is 0.266 e. The molecule has 5 nitrogen and oxygen atoms in total. The van der Waals surface area contributed by atoms with Crippen LogP contribution in [0.15, 0.2) is 35.9 Å². The van der Waals surface area contributed by atoms with Crippen LogP contribution in [0, 0.1) is 18.3 Å². The van der Waals surface area contributed by atoms with Crippen molar-refractivity contribution in [2.45, 2.75) is 13.8 Å². The van der Waals surface area contributed by atoms with Crippen LogP contribution in [0.3, 0.4) is 0 Å². The Morgan fingerprint density at radius 1 is 1.26 bits per heavy atom. The van der Waals surface area contributed by atoms with Crippen LogP contribution >= 0.6 is 23.2 Å². The molecule has 1 amide bonds. The summed E-state index contributed by atoms with van der Waals surface area (Å²) in [6.45, 7) is 4.12. The molecule has 0 saturated carbocycles. The molecule has 0 aliphatic rings. The molecule has 2 rings (SSSR count). The molecule has 0 aliphatic heterocycles. The molecule has 0 aliphatic carbocycles. The van der Waals surface area contributed by atoms with E-state index in [9.17, 15) is 10.1 Å². The number of hydrogen-bond donors (Lipinski definition) is 1. The highest BCUT2D eigenvalue weighted by Crippen LogP contribution is 2.34. The number of ether oxygens (including phenoxy) is 2. The number of nitrogens with zero attached hydrogens (tertiary/aromatic N) is 1. The van der Waals surface area contributed by atoms with E-state index >= 15 is 0 Å². The summed E-state index contributed by atoms with van der Waals surface area (Å²) in [5.41, 5.74) is 1.71. The lowest BCUT2D eigenvalue weighted by Crippen LogP contribution is -2.14. The number of nitrogens with one attached hydrogen (secondary N) is 1. The molecule has 0 aromatic heterocycles. The van der Waals surface area contributed by atoms with E-state index in [-0.39, 0.29) is 5.57 Å². The van der Waals surface area contributed by atoms with Gasteiger partial charge in [0.2, 0.25) is 0 Å². The minimum atomic E-state index is -0.563. The van der Waals surface area contributed by atoms with Crippen LogP contribution in [-0.4, -0.2) is 19.6 Å². The maximum absolute atomic E-state index is 12.5. The van der Waals surface area contributed by atoms with Crippen LogP contribution in [0.1, 0.15) is 18.1 Å². The van der Waals surface area contributed by atoms with E-state index in [4.69, 9.17) is 32.7 Å². The van der Waals surface area contributed by atoms with Crippen molar-refractivity contribution in [3.8, 4) is 17.6 Å². The molecule has 0 unspecified atom stereocenters. The molecule has 27 heavy (non-hydrogen) atoms. The largest absolute Gasteiger partial charge is 0.493 e. The fourth-order valence-corrected chi connectivity index (χ4v) is 2.69. The van der Waals surface area contributed by atoms with Gasteiger partial charge in [-0.1, -0.05) is 29.3 Å². The van der Waals surface area contributed by atoms with E-state index in [0.717, 1.165) is 5.56 Å². The van der Waals surface area contributed by atoms with Crippen molar-refractivity contribution >= 4 is 40.9 Å². The fourth-order valence-electron chi connectivity index (χ4n) is 2.31. The molecule has 0 radical (unpaired) electrons. The normalized spacial score (nSPS) is 10.9. The number of nitriles is 1. The molecule has 1 N–H and O–H groups in total. The molecule has 7 heteroatoms. The quantitative estimate of drug-likeness (QED) is 0.526. The third-order valence-corrected chi connectivity index (χ3v) is 4.26. The zero-order valence-electron chi connectivity index (χ0n) is 15.1. The zero-order valence-corrected chi connectivity index (χ0v) is 16.6. The number of halogens is 2. The number of amides is 1. The molecule has 0 atom stereocenters. The number of anilines is 1. The predicted octanol–water partition coefficient (Wildman–Crippen LogP) is 5.25. The van der Waals surface area contributed by atoms with Gasteiger partial charge in [0.05, 0.1) is 18.7 Å². The Hall–Kier alpha value is -2.68. The van der Waals surface area contributed by atoms with Gasteiger partial charge in [-0.15, -0.1) is 0 Å². The van der Waals surface area contributed by atoms with Crippen LogP contribution in [0.2, 0.25) is 10.0 Å². The Bertz CT molecular complexity index is 934. The Morgan fingerprint density at radius 3 is 2.63 bits per heavy atom. The van der Waals surface area contributed by atoms with E-state index < -0.39 is 5.91 Å². The van der Waals surface area contributed by atoms with Crippen LogP contribution in [0.5, 0.6) is 11.5 Å². The summed E-state index contributed by atoms with van der Waals surface area (Å²) in [4.78, 5) is 12.5. The summed E-state index contributed by atoms with van der Waals surface area (Å²) >= 11 is 12.2. The van der Waals surface area contributed by atoms with Gasteiger partial charge in [-0.2, -0.15) is 5.26 Å². The van der Waals surface area contributed by atoms with E-state index in [1.54, 1.807) is 30.3 Å². The number of aryl methyl sites for hydroxylation is 1. The zero-order chi connectivity index (χ0) is 20.0. The average molecular weight is 405 g/mol. The van der Waals surface area contributed by atoms with Crippen molar-refractivity contribution in [1.29, 1.82) is 5.26 Å². The second-order valence-corrected chi connectivity index (χ2v) is 6.38. The van der Waals surface area contributed by atoms with Gasteiger partial charge in [0.25, 0.3) is 5.91 Å². The summed E-state index contributed by atoms with van der Waals surface area (Å²) in [5.74, 6) is 0.377. The third kappa shape index (κ3) is 5.16. The van der Waals surface area contributed by atoms with Crippen molar-refractivity contribution in [2.75, 3.05) is 19.0 Å². The van der Waals surface area contributed by atoms with E-state index in [0.29, 0.717) is 39.4 Å². The van der Waals surface area contributed by atoms with Gasteiger partial charge < -0.3 is 14.8 Å². The summed E-state index contributed by atoms with van der Waals surface area (Å²) in [6, 6.07) is 10.2. The number of hydrogen-bond acceptors (Lipinski definition) is 4. The monoisotopic (exact) mass is 404 g/mol. The molecule has 2 aromatic carbocycles. The molecule has 2 aromatic rings. The van der Waals surface area contributed by atoms with Crippen LogP contribution in [0.4, 0.5) is 5.69 Å². The highest BCUT2D eigenvalue weighted by molar-refractivity contribution is 6.32. The Balaban J connectivity index is 2.36. The molecule has 0 saturated heterocycles. The average Bonchev–Trinajstić information content (AvgIpc) is 2.64. The number of carbonyl (C=O) groups excluding carboxylic acids is 1. The molecule has 0 fully saturated rings. The van der Waals surface area contributed by atoms with Gasteiger partial charge in [0.15, 0.2) is 11.5 Å². The minimum Gasteiger partial charge on any atom is -0.493 e. The maximum atomic E-state index is 12.5. The standard InChI is InChI=1S/C20H18Cl2N2O3/c1-4-27-19-10-16(22)13(8-18(19)26-3)7-14(11-23)20(25)24-17-9-15(21)6-5-12(17)2/h5-10H,4H2,1-3H3,(H,24,25)/b14-7+. The number of benzene rings is 2. The lowest BCUT2D eigenvalue weighted by atomic mass is 10.1. The molecule has 0 bridgehead atoms. The predicted molar refractivity (Wildman–Crippen MR) is 108 cm³/mol. The second kappa shape index (κ2) is 9.31. The number of carbonyl (C=O) groups is 1. The van der Waals surface area contributed by atoms with Gasteiger partial charge in [-0.05, 0) is 49.2 Å². The summed E-state index contributed by atoms with van der Waals surface area (Å²) in [7, 11) is 1.50. The van der Waals surface area contributed by atoms with Crippen LogP contribution < -0.4 is 14.8 Å². The van der Waals surface area contributed by atoms with Crippen LogP contribution in [0.25, 0.3) is 6.08 Å². The highest BCUT2D eigenvalue weighted by atomic mass is 35.5. The summed E-state index contributed by atoms with van der Waals surface area (Å²) in [6.07, 6.45) is 1.40. The Kier molecular flexibility index (Phi) is 7.12. The van der Waals surface area contributed by atoms with Gasteiger partial charge in [-0.25, -0.2) is 0 Å². The fraction of sp³-hybridized carbons (Fsp3) is 0.200. The van der Waals surface area contributed by atoms with Crippen molar-refractivity contribution in [3.05, 3.63) is 57.1 Å². The first-order valence-corrected chi connectivity index (χ1v) is 8.84. The first kappa shape index (κ1) is 20.6. The van der Waals surface area contributed by atoms with Crippen molar-refractivity contribution in [2.24, 2.45) is 0 Å². The van der Waals surface area contributed by atoms with Crippen molar-refractivity contribution in [1.82, 2.24) is 0 Å². The SMILES string of the molecule is CCOc1cc(Cl)c(/C=C(\C#N)C(=O)Nc2cc(Cl)ccc2C)cc1OC. The molecular weight excluding hydrogens is 387 g/mol. The van der Waals surface area contributed by atoms with Crippen LogP contribution in [-0.2, 0) is 4.79 Å². The first-order valence-electron chi connectivity index (χ1n) is 8.09.